The lowest BCUT2D eigenvalue weighted by Crippen LogP contribution is -0.381. The van der Waals surface area contributed by atoms with Gasteiger partial charge in [0.1, 0.15) is 0 Å². The molecule has 0 aliphatic carbocycles. The monoisotopic (exact) mass is 111 g/mol. The van der Waals surface area contributed by atoms with Gasteiger partial charge in [0.15, 0.2) is 0 Å². The van der Waals surface area contributed by atoms with E-state index in [4.69, 9.17) is 0 Å². The average Bonchev–Trinajstić information content (AvgIpc) is 0. The summed E-state index contributed by atoms with van der Waals surface area (Å²) in [5.41, 5.74) is 0. The molecule has 0 amide bonds. The van der Waals surface area contributed by atoms with Crippen LogP contribution in [0.1, 0.15) is 7.43 Å². The van der Waals surface area contributed by atoms with E-state index in [-0.39, 0.29) is 51.8 Å². The fraction of sp³-hybridized carbons (Fsp3) is 1.00. The first-order chi connectivity index (χ1) is 0. The molecule has 0 rings (SSSR count). The van der Waals surface area contributed by atoms with Crippen LogP contribution in [0, 0.1) is 0 Å². The van der Waals surface area contributed by atoms with Gasteiger partial charge >= 0.3 is 0 Å². The largest absolute Gasteiger partial charge is 0.197 e. The van der Waals surface area contributed by atoms with E-state index in [0.717, 1.165) is 0 Å². The van der Waals surface area contributed by atoms with Crippen molar-refractivity contribution in [3.63, 3.8) is 0 Å². The highest BCUT2D eigenvalue weighted by molar-refractivity contribution is 7.59. The number of hydrogen-bond donors (Lipinski definition) is 0. The van der Waals surface area contributed by atoms with Gasteiger partial charge < -0.3 is 0 Å². The van der Waals surface area contributed by atoms with Gasteiger partial charge in [-0.3, -0.25) is 0 Å². The Balaban J connectivity index is 0. The minimum Gasteiger partial charge on any atom is -0.197 e. The van der Waals surface area contributed by atoms with E-state index in [0.29, 0.717) is 0 Å². The minimum atomic E-state index is 0. The van der Waals surface area contributed by atoms with Crippen molar-refractivity contribution in [3.8, 4) is 0 Å². The van der Waals surface area contributed by atoms with Crippen LogP contribution in [0.2, 0.25) is 0 Å². The third kappa shape index (κ3) is 10.6. The molecule has 0 saturated heterocycles. The first-order valence-electron chi connectivity index (χ1n) is 0. The first-order valence-corrected chi connectivity index (χ1v) is 0. The Kier molecular flexibility index (Phi) is 449. The zero-order valence-electron chi connectivity index (χ0n) is 1.58. The van der Waals surface area contributed by atoms with Crippen LogP contribution in [0.25, 0.3) is 0 Å². The topological polar surface area (TPSA) is 0 Å². The summed E-state index contributed by atoms with van der Waals surface area (Å²) in [6.45, 7) is 0. The Hall–Kier alpha value is 1.23. The predicted octanol–water partition coefficient (Wildman–Crippen LogP) is 0.481. The molecule has 27 valence electrons. The van der Waals surface area contributed by atoms with Gasteiger partial charge in [-0.05, 0) is 0 Å². The van der Waals surface area contributed by atoms with Gasteiger partial charge in [-0.1, -0.05) is 7.43 Å². The Morgan fingerprint density at radius 1 is 0.750 bits per heavy atom. The minimum absolute atomic E-state index is 0. The molecule has 3 radical (unpaired) electrons. The summed E-state index contributed by atoms with van der Waals surface area (Å²) in [6, 6.07) is 0. The van der Waals surface area contributed by atoms with E-state index in [1.54, 1.807) is 0 Å². The molecular weight excluding hydrogens is 103 g/mol. The molecule has 0 aliphatic heterocycles. The lowest BCUT2D eigenvalue weighted by atomic mass is 12.0. The van der Waals surface area contributed by atoms with E-state index in [1.165, 1.54) is 0 Å². The Morgan fingerprint density at radius 3 is 0.750 bits per heavy atom. The maximum Gasteiger partial charge on any atom is 0 e. The summed E-state index contributed by atoms with van der Waals surface area (Å²) in [5.74, 6) is 0. The van der Waals surface area contributed by atoms with Gasteiger partial charge in [0, 0.05) is 17.4 Å². The maximum absolute atomic E-state index is 0. The molecule has 0 heterocycles. The van der Waals surface area contributed by atoms with E-state index in [9.17, 15) is 0 Å². The molecule has 0 aromatic heterocycles. The molecule has 0 spiro atoms. The van der Waals surface area contributed by atoms with Gasteiger partial charge in [0.25, 0.3) is 0 Å². The van der Waals surface area contributed by atoms with Crippen molar-refractivity contribution in [2.24, 2.45) is 0 Å². The molecule has 0 fully saturated rings. The van der Waals surface area contributed by atoms with Crippen molar-refractivity contribution in [2.75, 3.05) is 0 Å². The van der Waals surface area contributed by atoms with Crippen LogP contribution in [0.4, 0.5) is 0 Å². The number of hydrogen-bond acceptors (Lipinski definition) is 0. The smallest absolute Gasteiger partial charge is 0 e. The fourth-order valence-electron chi connectivity index (χ4n) is 0. The van der Waals surface area contributed by atoms with Crippen molar-refractivity contribution in [1.29, 1.82) is 0 Å². The predicted molar refractivity (Wildman–Crippen MR) is 33.2 cm³/mol. The summed E-state index contributed by atoms with van der Waals surface area (Å²) in [6.07, 6.45) is 0. The second kappa shape index (κ2) is 29.1. The van der Waals surface area contributed by atoms with Gasteiger partial charge in [0.2, 0.25) is 0 Å². The summed E-state index contributed by atoms with van der Waals surface area (Å²) in [5, 5.41) is 0. The van der Waals surface area contributed by atoms with E-state index >= 15 is 0 Å². The fourth-order valence-corrected chi connectivity index (χ4v) is 0. The summed E-state index contributed by atoms with van der Waals surface area (Å²) >= 11 is 0. The van der Waals surface area contributed by atoms with E-state index < -0.39 is 0 Å². The molecule has 4 heavy (non-hydrogen) atoms. The van der Waals surface area contributed by atoms with Crippen LogP contribution in [0.5, 0.6) is 0 Å². The summed E-state index contributed by atoms with van der Waals surface area (Å²) in [7, 11) is 0. The van der Waals surface area contributed by atoms with Gasteiger partial charge in [-0.2, -0.15) is 27.0 Å². The van der Waals surface area contributed by atoms with Crippen molar-refractivity contribution >= 4 is 44.4 Å². The van der Waals surface area contributed by atoms with E-state index in [2.05, 4.69) is 0 Å². The Bertz CT molecular complexity index is 6.00. The Morgan fingerprint density at radius 2 is 0.750 bits per heavy atom. The van der Waals surface area contributed by atoms with Crippen molar-refractivity contribution < 1.29 is 0 Å². The van der Waals surface area contributed by atoms with Crippen LogP contribution in [-0.4, -0.2) is 17.4 Å². The van der Waals surface area contributed by atoms with Crippen LogP contribution >= 0.6 is 27.0 Å². The van der Waals surface area contributed by atoms with Crippen molar-refractivity contribution in [1.82, 2.24) is 0 Å². The zero-order chi connectivity index (χ0) is 0. The lowest BCUT2D eigenvalue weighted by molar-refractivity contribution is 2.50. The highest BCUT2D eigenvalue weighted by Gasteiger charge is 0.0000234. The van der Waals surface area contributed by atoms with Gasteiger partial charge in [-0.15, -0.1) is 0 Å². The molecule has 0 atom stereocenters. The van der Waals surface area contributed by atoms with Crippen LogP contribution in [0.15, 0.2) is 0 Å². The van der Waals surface area contributed by atoms with E-state index in [1.807, 2.05) is 0 Å². The SMILES string of the molecule is C.S.S.[Al]. The lowest BCUT2D eigenvalue weighted by Gasteiger charge is -0.198. The maximum atomic E-state index is 0. The van der Waals surface area contributed by atoms with Crippen LogP contribution in [0.3, 0.4) is 0 Å². The molecule has 0 nitrogen and oxygen atoms in total. The molecule has 0 N–H and O–H groups in total. The normalized spacial score (nSPS) is 0. The van der Waals surface area contributed by atoms with Crippen LogP contribution < -0.4 is 0 Å². The zero-order valence-corrected chi connectivity index (χ0v) is 4.73. The molecule has 0 aromatic rings. The highest BCUT2D eigenvalue weighted by Crippen LogP contribution is 0.649. The quantitative estimate of drug-likeness (QED) is 0.399. The molecule has 0 aliphatic rings. The summed E-state index contributed by atoms with van der Waals surface area (Å²) in [4.78, 5) is 0. The number of rotatable bonds is 0. The Labute approximate surface area is 52.0 Å². The molecule has 0 saturated carbocycles. The standard InChI is InChI=1S/CH4.Al.2H2S/h1H4;;2*1H2. The second-order valence-corrected chi connectivity index (χ2v) is 0. The third-order valence-electron chi connectivity index (χ3n) is 0. The average molecular weight is 111 g/mol. The van der Waals surface area contributed by atoms with Gasteiger partial charge in [0.05, 0.1) is 0 Å². The van der Waals surface area contributed by atoms with Crippen molar-refractivity contribution in [3.05, 3.63) is 0 Å². The van der Waals surface area contributed by atoms with Crippen molar-refractivity contribution in [2.45, 2.75) is 7.43 Å². The first kappa shape index (κ1) is 61.7. The third-order valence-corrected chi connectivity index (χ3v) is 0. The van der Waals surface area contributed by atoms with Gasteiger partial charge in [-0.25, -0.2) is 0 Å². The second-order valence-electron chi connectivity index (χ2n) is 0. The molecular formula is CH8AlS2. The van der Waals surface area contributed by atoms with Crippen LogP contribution in [-0.2, 0) is 0 Å². The highest BCUT2D eigenvalue weighted by atomic mass is 32.1. The molecule has 0 bridgehead atoms. The molecule has 3 heteroatoms. The molecule has 0 unspecified atom stereocenters. The molecule has 0 aromatic carbocycles. The summed E-state index contributed by atoms with van der Waals surface area (Å²) < 4.78 is 0.